The van der Waals surface area contributed by atoms with Crippen molar-refractivity contribution in [1.82, 2.24) is 4.98 Å². The van der Waals surface area contributed by atoms with Gasteiger partial charge in [0, 0.05) is 5.56 Å². The van der Waals surface area contributed by atoms with E-state index in [0.29, 0.717) is 12.4 Å². The maximum absolute atomic E-state index is 5.45. The molecule has 1 aromatic carbocycles. The number of aryl methyl sites for hydroxylation is 1. The predicted molar refractivity (Wildman–Crippen MR) is 63.8 cm³/mol. The van der Waals surface area contributed by atoms with E-state index in [-0.39, 0.29) is 0 Å². The van der Waals surface area contributed by atoms with Crippen LogP contribution in [0, 0.1) is 0 Å². The predicted octanol–water partition coefficient (Wildman–Crippen LogP) is 2.75. The number of rotatable bonds is 4. The lowest BCUT2D eigenvalue weighted by molar-refractivity contribution is 0.498. The van der Waals surface area contributed by atoms with E-state index in [4.69, 9.17) is 10.2 Å². The quantitative estimate of drug-likeness (QED) is 0.855. The monoisotopic (exact) mass is 216 g/mol. The lowest BCUT2D eigenvalue weighted by atomic mass is 10.1. The van der Waals surface area contributed by atoms with E-state index in [9.17, 15) is 0 Å². The summed E-state index contributed by atoms with van der Waals surface area (Å²) >= 11 is 0. The van der Waals surface area contributed by atoms with Crippen molar-refractivity contribution in [2.75, 3.05) is 0 Å². The van der Waals surface area contributed by atoms with Gasteiger partial charge in [0.2, 0.25) is 5.89 Å². The molecule has 0 aliphatic carbocycles. The zero-order chi connectivity index (χ0) is 11.4. The molecule has 0 spiro atoms. The number of aromatic nitrogens is 1. The third kappa shape index (κ3) is 2.31. The Bertz CT molecular complexity index is 445. The van der Waals surface area contributed by atoms with Crippen LogP contribution in [0.5, 0.6) is 0 Å². The summed E-state index contributed by atoms with van der Waals surface area (Å²) in [6.45, 7) is 2.52. The number of nitrogens with zero attached hydrogens (tertiary/aromatic N) is 1. The summed E-state index contributed by atoms with van der Waals surface area (Å²) in [5.41, 5.74) is 8.73. The summed E-state index contributed by atoms with van der Waals surface area (Å²) in [6.07, 6.45) is 3.94. The van der Waals surface area contributed by atoms with Crippen molar-refractivity contribution in [1.29, 1.82) is 0 Å². The summed E-state index contributed by atoms with van der Waals surface area (Å²) in [4.78, 5) is 4.28. The third-order valence-electron chi connectivity index (χ3n) is 2.51. The number of nitrogens with two attached hydrogens (primary N) is 1. The first-order chi connectivity index (χ1) is 7.83. The molecule has 0 atom stereocenters. The molecule has 0 bridgehead atoms. The Hall–Kier alpha value is -1.61. The van der Waals surface area contributed by atoms with E-state index < -0.39 is 0 Å². The fourth-order valence-corrected chi connectivity index (χ4v) is 1.67. The van der Waals surface area contributed by atoms with Crippen LogP contribution in [-0.4, -0.2) is 4.98 Å². The molecule has 0 unspecified atom stereocenters. The minimum atomic E-state index is 0.341. The molecular weight excluding hydrogens is 200 g/mol. The van der Waals surface area contributed by atoms with Crippen LogP contribution >= 0.6 is 0 Å². The molecule has 0 amide bonds. The topological polar surface area (TPSA) is 52.0 Å². The van der Waals surface area contributed by atoms with Crippen LogP contribution in [0.25, 0.3) is 11.3 Å². The van der Waals surface area contributed by atoms with E-state index in [2.05, 4.69) is 36.2 Å². The molecular formula is C13H16N2O. The first-order valence-corrected chi connectivity index (χ1v) is 5.57. The highest BCUT2D eigenvalue weighted by molar-refractivity contribution is 5.58. The van der Waals surface area contributed by atoms with Crippen molar-refractivity contribution in [2.24, 2.45) is 5.73 Å². The molecule has 1 heterocycles. The Kier molecular flexibility index (Phi) is 3.37. The Morgan fingerprint density at radius 3 is 2.56 bits per heavy atom. The molecule has 0 saturated carbocycles. The van der Waals surface area contributed by atoms with Gasteiger partial charge >= 0.3 is 0 Å². The molecule has 16 heavy (non-hydrogen) atoms. The number of hydrogen-bond donors (Lipinski definition) is 1. The second-order valence-corrected chi connectivity index (χ2v) is 3.78. The van der Waals surface area contributed by atoms with Crippen molar-refractivity contribution in [3.63, 3.8) is 0 Å². The maximum atomic E-state index is 5.45. The lowest BCUT2D eigenvalue weighted by Crippen LogP contribution is -1.95. The van der Waals surface area contributed by atoms with Crippen molar-refractivity contribution < 1.29 is 4.42 Å². The van der Waals surface area contributed by atoms with Crippen LogP contribution in [0.1, 0.15) is 24.8 Å². The van der Waals surface area contributed by atoms with Crippen LogP contribution in [-0.2, 0) is 13.0 Å². The van der Waals surface area contributed by atoms with Crippen molar-refractivity contribution in [3.05, 3.63) is 42.0 Å². The summed E-state index contributed by atoms with van der Waals surface area (Å²) in [5, 5.41) is 0. The van der Waals surface area contributed by atoms with Crippen LogP contribution in [0.15, 0.2) is 34.9 Å². The van der Waals surface area contributed by atoms with Crippen LogP contribution in [0.3, 0.4) is 0 Å². The highest BCUT2D eigenvalue weighted by Gasteiger charge is 2.04. The Balaban J connectivity index is 2.20. The normalized spacial score (nSPS) is 10.6. The van der Waals surface area contributed by atoms with Gasteiger partial charge in [0.1, 0.15) is 12.0 Å². The van der Waals surface area contributed by atoms with Crippen molar-refractivity contribution in [2.45, 2.75) is 26.3 Å². The SMILES string of the molecule is CCCc1ccc(-c2coc(CN)n2)cc1. The van der Waals surface area contributed by atoms with Crippen molar-refractivity contribution >= 4 is 0 Å². The molecule has 2 rings (SSSR count). The van der Waals surface area contributed by atoms with Gasteiger partial charge in [-0.1, -0.05) is 37.6 Å². The van der Waals surface area contributed by atoms with Gasteiger partial charge in [-0.2, -0.15) is 0 Å². The average Bonchev–Trinajstić information content (AvgIpc) is 2.79. The second kappa shape index (κ2) is 4.94. The van der Waals surface area contributed by atoms with Gasteiger partial charge in [-0.25, -0.2) is 4.98 Å². The molecule has 0 saturated heterocycles. The van der Waals surface area contributed by atoms with Gasteiger partial charge < -0.3 is 10.2 Å². The molecule has 0 radical (unpaired) electrons. The Morgan fingerprint density at radius 1 is 1.25 bits per heavy atom. The van der Waals surface area contributed by atoms with Gasteiger partial charge in [-0.3, -0.25) is 0 Å². The molecule has 0 fully saturated rings. The van der Waals surface area contributed by atoms with Gasteiger partial charge in [0.25, 0.3) is 0 Å². The summed E-state index contributed by atoms with van der Waals surface area (Å²) in [7, 11) is 0. The maximum Gasteiger partial charge on any atom is 0.208 e. The largest absolute Gasteiger partial charge is 0.447 e. The molecule has 3 heteroatoms. The lowest BCUT2D eigenvalue weighted by Gasteiger charge is -1.99. The van der Waals surface area contributed by atoms with Crippen molar-refractivity contribution in [3.8, 4) is 11.3 Å². The number of benzene rings is 1. The van der Waals surface area contributed by atoms with Gasteiger partial charge in [-0.15, -0.1) is 0 Å². The summed E-state index contributed by atoms with van der Waals surface area (Å²) in [5.74, 6) is 0.577. The number of hydrogen-bond acceptors (Lipinski definition) is 3. The van der Waals surface area contributed by atoms with E-state index in [0.717, 1.165) is 17.7 Å². The Labute approximate surface area is 95.3 Å². The zero-order valence-corrected chi connectivity index (χ0v) is 9.44. The minimum Gasteiger partial charge on any atom is -0.447 e. The first kappa shape index (κ1) is 10.9. The fourth-order valence-electron chi connectivity index (χ4n) is 1.67. The highest BCUT2D eigenvalue weighted by Crippen LogP contribution is 2.19. The van der Waals surface area contributed by atoms with Gasteiger partial charge in [0.15, 0.2) is 0 Å². The number of oxazole rings is 1. The summed E-state index contributed by atoms with van der Waals surface area (Å²) in [6, 6.07) is 8.41. The van der Waals surface area contributed by atoms with E-state index in [1.807, 2.05) is 0 Å². The molecule has 2 N–H and O–H groups in total. The summed E-state index contributed by atoms with van der Waals surface area (Å²) < 4.78 is 5.21. The van der Waals surface area contributed by atoms with E-state index in [1.54, 1.807) is 6.26 Å². The van der Waals surface area contributed by atoms with E-state index >= 15 is 0 Å². The fraction of sp³-hybridized carbons (Fsp3) is 0.308. The van der Waals surface area contributed by atoms with E-state index in [1.165, 1.54) is 12.0 Å². The van der Waals surface area contributed by atoms with Crippen LogP contribution in [0.2, 0.25) is 0 Å². The third-order valence-corrected chi connectivity index (χ3v) is 2.51. The molecule has 1 aromatic heterocycles. The Morgan fingerprint density at radius 2 is 2.00 bits per heavy atom. The molecule has 2 aromatic rings. The smallest absolute Gasteiger partial charge is 0.208 e. The standard InChI is InChI=1S/C13H16N2O/c1-2-3-10-4-6-11(7-5-10)12-9-16-13(8-14)15-12/h4-7,9H,2-3,8,14H2,1H3. The minimum absolute atomic E-state index is 0.341. The molecule has 0 aliphatic rings. The van der Waals surface area contributed by atoms with Gasteiger partial charge in [0.05, 0.1) is 6.54 Å². The first-order valence-electron chi connectivity index (χ1n) is 5.57. The zero-order valence-electron chi connectivity index (χ0n) is 9.44. The van der Waals surface area contributed by atoms with Crippen LogP contribution in [0.4, 0.5) is 0 Å². The second-order valence-electron chi connectivity index (χ2n) is 3.78. The molecule has 3 nitrogen and oxygen atoms in total. The van der Waals surface area contributed by atoms with Crippen LogP contribution < -0.4 is 5.73 Å². The molecule has 0 aliphatic heterocycles. The average molecular weight is 216 g/mol. The highest BCUT2D eigenvalue weighted by atomic mass is 16.3. The molecule has 84 valence electrons. The van der Waals surface area contributed by atoms with Gasteiger partial charge in [-0.05, 0) is 12.0 Å².